The summed E-state index contributed by atoms with van der Waals surface area (Å²) in [6.45, 7) is 6.36. The molecule has 1 fully saturated rings. The van der Waals surface area contributed by atoms with Gasteiger partial charge >= 0.3 is 0 Å². The predicted octanol–water partition coefficient (Wildman–Crippen LogP) is 1.17. The second-order valence-electron chi connectivity index (χ2n) is 5.67. The van der Waals surface area contributed by atoms with Gasteiger partial charge in [0, 0.05) is 38.5 Å². The molecule has 20 heavy (non-hydrogen) atoms. The Morgan fingerprint density at radius 3 is 2.35 bits per heavy atom. The van der Waals surface area contributed by atoms with Crippen molar-refractivity contribution in [2.45, 2.75) is 45.6 Å². The van der Waals surface area contributed by atoms with Gasteiger partial charge in [0.2, 0.25) is 11.8 Å². The summed E-state index contributed by atoms with van der Waals surface area (Å²) >= 11 is 0. The zero-order valence-corrected chi connectivity index (χ0v) is 13.6. The minimum atomic E-state index is 0. The fraction of sp³-hybridized carbons (Fsp3) is 0.857. The maximum atomic E-state index is 11.9. The molecular weight excluding hydrogens is 278 g/mol. The number of hydrogen-bond donors (Lipinski definition) is 2. The topological polar surface area (TPSA) is 61.4 Å². The Bertz CT molecular complexity index is 303. The van der Waals surface area contributed by atoms with Crippen LogP contribution in [0.4, 0.5) is 0 Å². The van der Waals surface area contributed by atoms with Gasteiger partial charge in [-0.1, -0.05) is 13.8 Å². The van der Waals surface area contributed by atoms with Crippen LogP contribution in [0, 0.1) is 5.92 Å². The van der Waals surface area contributed by atoms with Gasteiger partial charge in [0.15, 0.2) is 0 Å². The largest absolute Gasteiger partial charge is 0.353 e. The molecule has 6 heteroatoms. The van der Waals surface area contributed by atoms with Crippen molar-refractivity contribution in [1.82, 2.24) is 15.5 Å². The minimum absolute atomic E-state index is 0. The lowest BCUT2D eigenvalue weighted by molar-refractivity contribution is -0.133. The van der Waals surface area contributed by atoms with E-state index in [1.165, 1.54) is 0 Å². The van der Waals surface area contributed by atoms with Crippen LogP contribution in [-0.2, 0) is 9.59 Å². The molecular formula is C14H28ClN3O2. The van der Waals surface area contributed by atoms with E-state index in [0.29, 0.717) is 25.3 Å². The third-order valence-corrected chi connectivity index (χ3v) is 3.40. The summed E-state index contributed by atoms with van der Waals surface area (Å²) in [7, 11) is 1.84. The Morgan fingerprint density at radius 1 is 1.25 bits per heavy atom. The highest BCUT2D eigenvalue weighted by Crippen LogP contribution is 2.13. The van der Waals surface area contributed by atoms with E-state index < -0.39 is 0 Å². The van der Waals surface area contributed by atoms with Crippen molar-refractivity contribution in [3.8, 4) is 0 Å². The highest BCUT2D eigenvalue weighted by molar-refractivity contribution is 5.85. The first-order chi connectivity index (χ1) is 9.02. The normalized spacial score (nSPS) is 15.9. The fourth-order valence-corrected chi connectivity index (χ4v) is 2.29. The Morgan fingerprint density at radius 2 is 1.85 bits per heavy atom. The smallest absolute Gasteiger partial charge is 0.222 e. The summed E-state index contributed by atoms with van der Waals surface area (Å²) in [5.74, 6) is 0.753. The minimum Gasteiger partial charge on any atom is -0.353 e. The number of halogens is 1. The molecule has 1 aliphatic rings. The Balaban J connectivity index is 0.00000361. The summed E-state index contributed by atoms with van der Waals surface area (Å²) in [5.41, 5.74) is 0. The molecule has 1 heterocycles. The molecule has 0 aliphatic carbocycles. The predicted molar refractivity (Wildman–Crippen MR) is 83.0 cm³/mol. The molecule has 0 radical (unpaired) electrons. The molecule has 0 unspecified atom stereocenters. The lowest BCUT2D eigenvalue weighted by Gasteiger charge is -2.32. The van der Waals surface area contributed by atoms with Crippen LogP contribution in [0.3, 0.4) is 0 Å². The van der Waals surface area contributed by atoms with Crippen molar-refractivity contribution in [2.75, 3.05) is 26.7 Å². The van der Waals surface area contributed by atoms with E-state index in [4.69, 9.17) is 0 Å². The van der Waals surface area contributed by atoms with E-state index in [1.54, 1.807) is 0 Å². The SMILES string of the molecule is CNCCC(=O)NC1CCN(C(=O)CC(C)C)CC1.Cl. The van der Waals surface area contributed by atoms with Gasteiger partial charge in [0.25, 0.3) is 0 Å². The zero-order valence-electron chi connectivity index (χ0n) is 12.8. The van der Waals surface area contributed by atoms with E-state index in [0.717, 1.165) is 25.9 Å². The molecule has 0 bridgehead atoms. The molecule has 0 saturated carbocycles. The number of carbonyl (C=O) groups excluding carboxylic acids is 2. The molecule has 1 aliphatic heterocycles. The molecule has 1 saturated heterocycles. The molecule has 0 spiro atoms. The van der Waals surface area contributed by atoms with Gasteiger partial charge < -0.3 is 15.5 Å². The van der Waals surface area contributed by atoms with E-state index >= 15 is 0 Å². The number of nitrogens with one attached hydrogen (secondary N) is 2. The van der Waals surface area contributed by atoms with Gasteiger partial charge in [-0.05, 0) is 25.8 Å². The summed E-state index contributed by atoms with van der Waals surface area (Å²) < 4.78 is 0. The van der Waals surface area contributed by atoms with Gasteiger partial charge in [-0.15, -0.1) is 12.4 Å². The molecule has 1 rings (SSSR count). The van der Waals surface area contributed by atoms with Gasteiger partial charge in [0.1, 0.15) is 0 Å². The number of rotatable bonds is 6. The zero-order chi connectivity index (χ0) is 14.3. The molecule has 5 nitrogen and oxygen atoms in total. The van der Waals surface area contributed by atoms with Gasteiger partial charge in [-0.25, -0.2) is 0 Å². The molecule has 0 aromatic rings. The second kappa shape index (κ2) is 10.00. The number of likely N-dealkylation sites (tertiary alicyclic amines) is 1. The Labute approximate surface area is 128 Å². The van der Waals surface area contributed by atoms with Crippen molar-refractivity contribution < 1.29 is 9.59 Å². The highest BCUT2D eigenvalue weighted by Gasteiger charge is 2.23. The van der Waals surface area contributed by atoms with Gasteiger partial charge in [-0.3, -0.25) is 9.59 Å². The van der Waals surface area contributed by atoms with Gasteiger partial charge in [0.05, 0.1) is 0 Å². The maximum Gasteiger partial charge on any atom is 0.222 e. The quantitative estimate of drug-likeness (QED) is 0.774. The van der Waals surface area contributed by atoms with Crippen molar-refractivity contribution in [3.05, 3.63) is 0 Å². The third-order valence-electron chi connectivity index (χ3n) is 3.40. The molecule has 0 aromatic heterocycles. The number of carbonyl (C=O) groups is 2. The summed E-state index contributed by atoms with van der Waals surface area (Å²) in [4.78, 5) is 25.4. The average Bonchev–Trinajstić information content (AvgIpc) is 2.36. The van der Waals surface area contributed by atoms with Crippen LogP contribution in [0.15, 0.2) is 0 Å². The third kappa shape index (κ3) is 7.10. The van der Waals surface area contributed by atoms with Crippen LogP contribution in [0.2, 0.25) is 0 Å². The van der Waals surface area contributed by atoms with Crippen molar-refractivity contribution >= 4 is 24.2 Å². The lowest BCUT2D eigenvalue weighted by atomic mass is 10.0. The first kappa shape index (κ1) is 19.2. The summed E-state index contributed by atoms with van der Waals surface area (Å²) in [6, 6.07) is 0.229. The van der Waals surface area contributed by atoms with Crippen molar-refractivity contribution in [1.29, 1.82) is 0 Å². The van der Waals surface area contributed by atoms with Crippen LogP contribution in [0.5, 0.6) is 0 Å². The van der Waals surface area contributed by atoms with Crippen LogP contribution < -0.4 is 10.6 Å². The Kier molecular flexibility index (Phi) is 9.59. The van der Waals surface area contributed by atoms with E-state index in [9.17, 15) is 9.59 Å². The monoisotopic (exact) mass is 305 g/mol. The van der Waals surface area contributed by atoms with E-state index in [2.05, 4.69) is 24.5 Å². The number of hydrogen-bond acceptors (Lipinski definition) is 3. The molecule has 118 valence electrons. The summed E-state index contributed by atoms with van der Waals surface area (Å²) in [5, 5.41) is 6.00. The Hall–Kier alpha value is -0.810. The van der Waals surface area contributed by atoms with Crippen LogP contribution in [0.1, 0.15) is 39.5 Å². The average molecular weight is 306 g/mol. The van der Waals surface area contributed by atoms with E-state index in [-0.39, 0.29) is 30.3 Å². The fourth-order valence-electron chi connectivity index (χ4n) is 2.29. The number of amides is 2. The number of nitrogens with zero attached hydrogens (tertiary/aromatic N) is 1. The standard InChI is InChI=1S/C14H27N3O2.ClH/c1-11(2)10-14(19)17-8-5-12(6-9-17)16-13(18)4-7-15-3;/h11-12,15H,4-10H2,1-3H3,(H,16,18);1H. The number of piperidine rings is 1. The maximum absolute atomic E-state index is 11.9. The van der Waals surface area contributed by atoms with Crippen LogP contribution in [-0.4, -0.2) is 49.4 Å². The molecule has 2 amide bonds. The van der Waals surface area contributed by atoms with Gasteiger partial charge in [-0.2, -0.15) is 0 Å². The van der Waals surface area contributed by atoms with E-state index in [1.807, 2.05) is 11.9 Å². The van der Waals surface area contributed by atoms with Crippen molar-refractivity contribution in [3.63, 3.8) is 0 Å². The second-order valence-corrected chi connectivity index (χ2v) is 5.67. The lowest BCUT2D eigenvalue weighted by Crippen LogP contribution is -2.47. The highest BCUT2D eigenvalue weighted by atomic mass is 35.5. The van der Waals surface area contributed by atoms with Crippen LogP contribution >= 0.6 is 12.4 Å². The first-order valence-electron chi connectivity index (χ1n) is 7.24. The van der Waals surface area contributed by atoms with Crippen molar-refractivity contribution in [2.24, 2.45) is 5.92 Å². The summed E-state index contributed by atoms with van der Waals surface area (Å²) in [6.07, 6.45) is 2.88. The molecule has 2 N–H and O–H groups in total. The molecule has 0 atom stereocenters. The van der Waals surface area contributed by atoms with Crippen LogP contribution in [0.25, 0.3) is 0 Å². The molecule has 0 aromatic carbocycles. The first-order valence-corrected chi connectivity index (χ1v) is 7.24.